The van der Waals surface area contributed by atoms with Crippen molar-refractivity contribution >= 4 is 51.9 Å². The molecule has 1 heterocycles. The largest absolute Gasteiger partial charge is 0.493 e. The summed E-state index contributed by atoms with van der Waals surface area (Å²) in [5.74, 6) is 1.06. The molecule has 1 aliphatic rings. The number of ether oxygens (including phenoxy) is 2. The number of thiocarbonyl (C=S) groups is 1. The van der Waals surface area contributed by atoms with Crippen molar-refractivity contribution in [2.24, 2.45) is 0 Å². The van der Waals surface area contributed by atoms with Gasteiger partial charge >= 0.3 is 0 Å². The maximum atomic E-state index is 13.3. The van der Waals surface area contributed by atoms with Crippen LogP contribution in [0.5, 0.6) is 11.5 Å². The van der Waals surface area contributed by atoms with Crippen LogP contribution in [0, 0.1) is 0 Å². The number of rotatable bonds is 10. The van der Waals surface area contributed by atoms with Crippen LogP contribution in [0.15, 0.2) is 83.8 Å². The smallest absolute Gasteiger partial charge is 0.266 e. The van der Waals surface area contributed by atoms with Crippen molar-refractivity contribution in [3.05, 3.63) is 94.9 Å². The average Bonchev–Trinajstić information content (AvgIpc) is 3.19. The average molecular weight is 533 g/mol. The van der Waals surface area contributed by atoms with Crippen molar-refractivity contribution in [1.82, 2.24) is 4.90 Å². The lowest BCUT2D eigenvalue weighted by Gasteiger charge is -2.24. The van der Waals surface area contributed by atoms with E-state index < -0.39 is 0 Å². The molecule has 0 aromatic heterocycles. The summed E-state index contributed by atoms with van der Waals surface area (Å²) in [6, 6.07) is 25.0. The van der Waals surface area contributed by atoms with Crippen molar-refractivity contribution in [2.45, 2.75) is 19.4 Å². The van der Waals surface area contributed by atoms with E-state index in [1.165, 1.54) is 11.8 Å². The third kappa shape index (κ3) is 6.58. The Labute approximate surface area is 226 Å². The molecule has 0 N–H and O–H groups in total. The van der Waals surface area contributed by atoms with Crippen molar-refractivity contribution in [1.29, 1.82) is 0 Å². The van der Waals surface area contributed by atoms with Gasteiger partial charge in [-0.05, 0) is 47.9 Å². The molecule has 0 atom stereocenters. The zero-order valence-electron chi connectivity index (χ0n) is 20.8. The maximum absolute atomic E-state index is 13.3. The van der Waals surface area contributed by atoms with Crippen LogP contribution >= 0.6 is 24.0 Å². The van der Waals surface area contributed by atoms with Gasteiger partial charge in [-0.3, -0.25) is 14.5 Å². The fourth-order valence-electron chi connectivity index (χ4n) is 4.01. The Morgan fingerprint density at radius 2 is 1.65 bits per heavy atom. The zero-order chi connectivity index (χ0) is 26.2. The number of benzene rings is 3. The van der Waals surface area contributed by atoms with Crippen LogP contribution in [0.2, 0.25) is 0 Å². The van der Waals surface area contributed by atoms with Crippen LogP contribution in [0.3, 0.4) is 0 Å². The highest BCUT2D eigenvalue weighted by Gasteiger charge is 2.32. The number of hydrogen-bond acceptors (Lipinski definition) is 6. The predicted octanol–water partition coefficient (Wildman–Crippen LogP) is 5.92. The van der Waals surface area contributed by atoms with Gasteiger partial charge < -0.3 is 14.4 Å². The molecule has 0 aliphatic carbocycles. The molecule has 0 saturated carbocycles. The first kappa shape index (κ1) is 26.4. The van der Waals surface area contributed by atoms with Crippen molar-refractivity contribution < 1.29 is 19.1 Å². The van der Waals surface area contributed by atoms with E-state index in [-0.39, 0.29) is 11.8 Å². The number of hydrogen-bond donors (Lipinski definition) is 0. The second-order valence-electron chi connectivity index (χ2n) is 8.35. The Kier molecular flexibility index (Phi) is 8.98. The van der Waals surface area contributed by atoms with E-state index in [0.29, 0.717) is 46.7 Å². The van der Waals surface area contributed by atoms with Crippen LogP contribution in [-0.2, 0) is 16.1 Å². The summed E-state index contributed by atoms with van der Waals surface area (Å²) in [6.45, 7) is 0.868. The van der Waals surface area contributed by atoms with Crippen LogP contribution in [0.1, 0.15) is 24.0 Å². The number of carbonyl (C=O) groups excluding carboxylic acids is 2. The lowest BCUT2D eigenvalue weighted by molar-refractivity contribution is -0.123. The molecule has 6 nitrogen and oxygen atoms in total. The molecular formula is C29H28N2O4S2. The highest BCUT2D eigenvalue weighted by molar-refractivity contribution is 8.26. The van der Waals surface area contributed by atoms with Crippen molar-refractivity contribution in [3.8, 4) is 11.5 Å². The summed E-state index contributed by atoms with van der Waals surface area (Å²) in [5, 5.41) is 0. The Morgan fingerprint density at radius 3 is 2.32 bits per heavy atom. The summed E-state index contributed by atoms with van der Waals surface area (Å²) in [5.41, 5.74) is 2.71. The quantitative estimate of drug-likeness (QED) is 0.239. The molecular weight excluding hydrogens is 504 g/mol. The first-order chi connectivity index (χ1) is 18.0. The van der Waals surface area contributed by atoms with Gasteiger partial charge in [0.05, 0.1) is 25.7 Å². The van der Waals surface area contributed by atoms with Crippen LogP contribution < -0.4 is 14.4 Å². The summed E-state index contributed by atoms with van der Waals surface area (Å²) in [6.07, 6.45) is 2.60. The first-order valence-corrected chi connectivity index (χ1v) is 13.1. The topological polar surface area (TPSA) is 59.1 Å². The molecule has 1 aliphatic heterocycles. The van der Waals surface area contributed by atoms with Gasteiger partial charge in [-0.1, -0.05) is 78.6 Å². The van der Waals surface area contributed by atoms with E-state index in [9.17, 15) is 9.59 Å². The maximum Gasteiger partial charge on any atom is 0.266 e. The number of amides is 2. The number of anilines is 1. The molecule has 190 valence electrons. The Hall–Kier alpha value is -3.62. The van der Waals surface area contributed by atoms with Gasteiger partial charge in [-0.25, -0.2) is 0 Å². The minimum atomic E-state index is -0.151. The zero-order valence-corrected chi connectivity index (χ0v) is 22.4. The lowest BCUT2D eigenvalue weighted by Crippen LogP contribution is -2.33. The van der Waals surface area contributed by atoms with E-state index in [1.807, 2.05) is 72.8 Å². The van der Waals surface area contributed by atoms with E-state index in [1.54, 1.807) is 36.2 Å². The lowest BCUT2D eigenvalue weighted by atomic mass is 10.1. The summed E-state index contributed by atoms with van der Waals surface area (Å²) < 4.78 is 11.1. The number of thioether (sulfide) groups is 1. The monoisotopic (exact) mass is 532 g/mol. The Bertz CT molecular complexity index is 1300. The van der Waals surface area contributed by atoms with E-state index >= 15 is 0 Å². The predicted molar refractivity (Wildman–Crippen MR) is 153 cm³/mol. The molecule has 4 rings (SSSR count). The Balaban J connectivity index is 1.40. The number of methoxy groups -OCH3 is 2. The molecule has 8 heteroatoms. The molecule has 0 unspecified atom stereocenters. The third-order valence-corrected chi connectivity index (χ3v) is 7.28. The van der Waals surface area contributed by atoms with Crippen LogP contribution in [0.4, 0.5) is 5.69 Å². The second kappa shape index (κ2) is 12.6. The third-order valence-electron chi connectivity index (χ3n) is 5.90. The standard InChI is InChI=1S/C29H28N2O4S2/c1-34-24-16-15-22(18-25(24)35-2)19-26-28(33)30(29(36)37-26)17-9-14-27(32)31(23-12-7-4-8-13-23)20-21-10-5-3-6-11-21/h3-8,10-13,15-16,18-19H,9,14,17,20H2,1-2H3/b26-19-. The van der Waals surface area contributed by atoms with E-state index in [4.69, 9.17) is 21.7 Å². The number of nitrogens with zero attached hydrogens (tertiary/aromatic N) is 2. The highest BCUT2D eigenvalue weighted by atomic mass is 32.2. The normalized spacial score (nSPS) is 14.2. The number of carbonyl (C=O) groups is 2. The van der Waals surface area contributed by atoms with Gasteiger partial charge in [0.1, 0.15) is 4.32 Å². The van der Waals surface area contributed by atoms with E-state index in [0.717, 1.165) is 16.8 Å². The minimum absolute atomic E-state index is 0.00126. The second-order valence-corrected chi connectivity index (χ2v) is 10.0. The van der Waals surface area contributed by atoms with Gasteiger partial charge in [0, 0.05) is 18.7 Å². The molecule has 1 saturated heterocycles. The van der Waals surface area contributed by atoms with Gasteiger partial charge in [0.15, 0.2) is 11.5 Å². The summed E-state index contributed by atoms with van der Waals surface area (Å²) >= 11 is 6.75. The van der Waals surface area contributed by atoms with Gasteiger partial charge in [0.2, 0.25) is 5.91 Å². The first-order valence-electron chi connectivity index (χ1n) is 11.9. The SMILES string of the molecule is COc1ccc(/C=C2\SC(=S)N(CCCC(=O)N(Cc3ccccc3)c3ccccc3)C2=O)cc1OC. The van der Waals surface area contributed by atoms with Gasteiger partial charge in [-0.2, -0.15) is 0 Å². The molecule has 1 fully saturated rings. The molecule has 37 heavy (non-hydrogen) atoms. The molecule has 0 radical (unpaired) electrons. The van der Waals surface area contributed by atoms with Crippen LogP contribution in [-0.4, -0.2) is 41.8 Å². The fraction of sp³-hybridized carbons (Fsp3) is 0.207. The summed E-state index contributed by atoms with van der Waals surface area (Å²) in [7, 11) is 3.15. The Morgan fingerprint density at radius 1 is 0.973 bits per heavy atom. The molecule has 0 bridgehead atoms. The van der Waals surface area contributed by atoms with Crippen molar-refractivity contribution in [2.75, 3.05) is 25.7 Å². The molecule has 0 spiro atoms. The van der Waals surface area contributed by atoms with Gasteiger partial charge in [0.25, 0.3) is 5.91 Å². The molecule has 2 amide bonds. The van der Waals surface area contributed by atoms with Gasteiger partial charge in [-0.15, -0.1) is 0 Å². The number of para-hydroxylation sites is 1. The van der Waals surface area contributed by atoms with Crippen LogP contribution in [0.25, 0.3) is 6.08 Å². The fourth-order valence-corrected chi connectivity index (χ4v) is 5.32. The summed E-state index contributed by atoms with van der Waals surface area (Å²) in [4.78, 5) is 30.2. The molecule has 3 aromatic rings. The highest BCUT2D eigenvalue weighted by Crippen LogP contribution is 2.35. The minimum Gasteiger partial charge on any atom is -0.493 e. The molecule has 3 aromatic carbocycles. The van der Waals surface area contributed by atoms with Crippen molar-refractivity contribution in [3.63, 3.8) is 0 Å². The van der Waals surface area contributed by atoms with E-state index in [2.05, 4.69) is 0 Å².